The van der Waals surface area contributed by atoms with Gasteiger partial charge in [0, 0.05) is 35.9 Å². The molecule has 0 radical (unpaired) electrons. The quantitative estimate of drug-likeness (QED) is 0.652. The zero-order valence-corrected chi connectivity index (χ0v) is 16.5. The van der Waals surface area contributed by atoms with Gasteiger partial charge in [-0.1, -0.05) is 23.7 Å². The van der Waals surface area contributed by atoms with Gasteiger partial charge < -0.3 is 20.3 Å². The lowest BCUT2D eigenvalue weighted by molar-refractivity contribution is 0.0788. The summed E-state index contributed by atoms with van der Waals surface area (Å²) in [4.78, 5) is 26.1. The van der Waals surface area contributed by atoms with Crippen LogP contribution in [-0.4, -0.2) is 43.1 Å². The molecule has 0 spiro atoms. The van der Waals surface area contributed by atoms with Crippen LogP contribution in [0.25, 0.3) is 0 Å². The van der Waals surface area contributed by atoms with E-state index >= 15 is 0 Å². The molecule has 2 N–H and O–H groups in total. The maximum atomic E-state index is 12.6. The fourth-order valence-electron chi connectivity index (χ4n) is 2.68. The zero-order chi connectivity index (χ0) is 19.9. The van der Waals surface area contributed by atoms with Crippen LogP contribution in [0.1, 0.15) is 29.6 Å². The fourth-order valence-corrected chi connectivity index (χ4v) is 2.86. The molecule has 0 heterocycles. The minimum Gasteiger partial charge on any atom is -0.493 e. The molecule has 7 heteroatoms. The van der Waals surface area contributed by atoms with Gasteiger partial charge in [0.2, 0.25) is 0 Å². The molecular weight excluding hydrogens is 378 g/mol. The summed E-state index contributed by atoms with van der Waals surface area (Å²) in [5.74, 6) is 0.610. The molecule has 1 fully saturated rings. The Balaban J connectivity index is 1.45. The number of benzene rings is 2. The first-order chi connectivity index (χ1) is 13.5. The van der Waals surface area contributed by atoms with Crippen molar-refractivity contribution in [1.82, 2.24) is 10.2 Å². The van der Waals surface area contributed by atoms with Crippen LogP contribution in [0.15, 0.2) is 48.5 Å². The molecule has 0 aromatic heterocycles. The minimum atomic E-state index is -0.237. The number of urea groups is 1. The van der Waals surface area contributed by atoms with Crippen molar-refractivity contribution < 1.29 is 14.3 Å². The second-order valence-electron chi connectivity index (χ2n) is 6.84. The van der Waals surface area contributed by atoms with Crippen LogP contribution in [0, 0.1) is 0 Å². The Kier molecular flexibility index (Phi) is 6.76. The number of hydrogen-bond acceptors (Lipinski definition) is 3. The van der Waals surface area contributed by atoms with E-state index in [0.29, 0.717) is 41.6 Å². The van der Waals surface area contributed by atoms with Gasteiger partial charge in [0.15, 0.2) is 0 Å². The molecule has 3 rings (SSSR count). The standard InChI is InChI=1S/C21H24ClN3O3/c1-25(11-4-12-28-19-8-3-6-16(22)14-19)20(26)15-5-2-7-18(13-15)24-21(27)23-17-9-10-17/h2-3,5-8,13-14,17H,4,9-12H2,1H3,(H2,23,24,27). The minimum absolute atomic E-state index is 0.103. The number of anilines is 1. The molecule has 1 aliphatic carbocycles. The second-order valence-corrected chi connectivity index (χ2v) is 7.28. The Bertz CT molecular complexity index is 839. The molecular formula is C21H24ClN3O3. The highest BCUT2D eigenvalue weighted by molar-refractivity contribution is 6.30. The van der Waals surface area contributed by atoms with Gasteiger partial charge in [-0.3, -0.25) is 4.79 Å². The molecule has 3 amide bonds. The first kappa shape index (κ1) is 20.0. The zero-order valence-electron chi connectivity index (χ0n) is 15.8. The average Bonchev–Trinajstić information content (AvgIpc) is 3.48. The highest BCUT2D eigenvalue weighted by atomic mass is 35.5. The summed E-state index contributed by atoms with van der Waals surface area (Å²) in [6.45, 7) is 1.04. The first-order valence-corrected chi connectivity index (χ1v) is 9.70. The normalized spacial score (nSPS) is 12.9. The van der Waals surface area contributed by atoms with E-state index in [1.807, 2.05) is 12.1 Å². The van der Waals surface area contributed by atoms with Crippen molar-refractivity contribution in [2.75, 3.05) is 25.5 Å². The van der Waals surface area contributed by atoms with Crippen molar-refractivity contribution in [2.45, 2.75) is 25.3 Å². The van der Waals surface area contributed by atoms with Gasteiger partial charge in [-0.25, -0.2) is 4.79 Å². The number of halogens is 1. The van der Waals surface area contributed by atoms with Gasteiger partial charge >= 0.3 is 6.03 Å². The van der Waals surface area contributed by atoms with Crippen LogP contribution < -0.4 is 15.4 Å². The van der Waals surface area contributed by atoms with Crippen LogP contribution in [0.3, 0.4) is 0 Å². The SMILES string of the molecule is CN(CCCOc1cccc(Cl)c1)C(=O)c1cccc(NC(=O)NC2CC2)c1. The Labute approximate surface area is 169 Å². The Morgan fingerprint density at radius 1 is 1.18 bits per heavy atom. The largest absolute Gasteiger partial charge is 0.493 e. The maximum absolute atomic E-state index is 12.6. The number of carbonyl (C=O) groups is 2. The number of ether oxygens (including phenoxy) is 1. The summed E-state index contributed by atoms with van der Waals surface area (Å²) in [5, 5.41) is 6.26. The third-order valence-electron chi connectivity index (χ3n) is 4.33. The molecule has 1 aliphatic rings. The van der Waals surface area contributed by atoms with Crippen molar-refractivity contribution in [3.05, 3.63) is 59.1 Å². The highest BCUT2D eigenvalue weighted by Gasteiger charge is 2.23. The second kappa shape index (κ2) is 9.46. The average molecular weight is 402 g/mol. The van der Waals surface area contributed by atoms with Crippen LogP contribution in [0.2, 0.25) is 5.02 Å². The van der Waals surface area contributed by atoms with Gasteiger partial charge in [-0.2, -0.15) is 0 Å². The molecule has 148 valence electrons. The van der Waals surface area contributed by atoms with E-state index in [1.165, 1.54) is 0 Å². The fraction of sp³-hybridized carbons (Fsp3) is 0.333. The molecule has 0 unspecified atom stereocenters. The molecule has 2 aromatic carbocycles. The lowest BCUT2D eigenvalue weighted by Crippen LogP contribution is -2.31. The van der Waals surface area contributed by atoms with Gasteiger partial charge in [-0.15, -0.1) is 0 Å². The topological polar surface area (TPSA) is 70.7 Å². The predicted molar refractivity (Wildman–Crippen MR) is 110 cm³/mol. The summed E-state index contributed by atoms with van der Waals surface area (Å²) in [5.41, 5.74) is 1.13. The molecule has 0 bridgehead atoms. The molecule has 0 saturated heterocycles. The van der Waals surface area contributed by atoms with Gasteiger partial charge in [0.1, 0.15) is 5.75 Å². The third kappa shape index (κ3) is 6.16. The predicted octanol–water partition coefficient (Wildman–Crippen LogP) is 4.17. The van der Waals surface area contributed by atoms with Gasteiger partial charge in [-0.05, 0) is 55.7 Å². The summed E-state index contributed by atoms with van der Waals surface area (Å²) < 4.78 is 5.65. The van der Waals surface area contributed by atoms with E-state index in [2.05, 4.69) is 10.6 Å². The van der Waals surface area contributed by atoms with E-state index in [0.717, 1.165) is 12.8 Å². The van der Waals surface area contributed by atoms with Crippen molar-refractivity contribution in [3.63, 3.8) is 0 Å². The highest BCUT2D eigenvalue weighted by Crippen LogP contribution is 2.19. The number of amides is 3. The number of nitrogens with one attached hydrogen (secondary N) is 2. The molecule has 2 aromatic rings. The smallest absolute Gasteiger partial charge is 0.319 e. The number of nitrogens with zero attached hydrogens (tertiary/aromatic N) is 1. The lowest BCUT2D eigenvalue weighted by atomic mass is 10.1. The summed E-state index contributed by atoms with van der Waals surface area (Å²) in [7, 11) is 1.75. The Morgan fingerprint density at radius 2 is 1.96 bits per heavy atom. The van der Waals surface area contributed by atoms with E-state index in [4.69, 9.17) is 16.3 Å². The Hall–Kier alpha value is -2.73. The number of hydrogen-bond donors (Lipinski definition) is 2. The summed E-state index contributed by atoms with van der Waals surface area (Å²) >= 11 is 5.93. The van der Waals surface area contributed by atoms with E-state index in [-0.39, 0.29) is 18.0 Å². The van der Waals surface area contributed by atoms with Crippen molar-refractivity contribution in [2.24, 2.45) is 0 Å². The van der Waals surface area contributed by atoms with E-state index in [9.17, 15) is 9.59 Å². The van der Waals surface area contributed by atoms with Gasteiger partial charge in [0.05, 0.1) is 6.61 Å². The molecule has 28 heavy (non-hydrogen) atoms. The van der Waals surface area contributed by atoms with E-state index < -0.39 is 0 Å². The van der Waals surface area contributed by atoms with Crippen LogP contribution in [0.5, 0.6) is 5.75 Å². The maximum Gasteiger partial charge on any atom is 0.319 e. The van der Waals surface area contributed by atoms with Crippen LogP contribution in [0.4, 0.5) is 10.5 Å². The number of rotatable bonds is 8. The van der Waals surface area contributed by atoms with E-state index in [1.54, 1.807) is 48.3 Å². The molecule has 0 aliphatic heterocycles. The van der Waals surface area contributed by atoms with Crippen molar-refractivity contribution >= 4 is 29.2 Å². The summed E-state index contributed by atoms with van der Waals surface area (Å²) in [6.07, 6.45) is 2.74. The summed E-state index contributed by atoms with van der Waals surface area (Å²) in [6, 6.07) is 14.2. The lowest BCUT2D eigenvalue weighted by Gasteiger charge is -2.18. The van der Waals surface area contributed by atoms with Crippen LogP contribution in [-0.2, 0) is 0 Å². The third-order valence-corrected chi connectivity index (χ3v) is 4.56. The van der Waals surface area contributed by atoms with Gasteiger partial charge in [0.25, 0.3) is 5.91 Å². The molecule has 0 atom stereocenters. The Morgan fingerprint density at radius 3 is 2.71 bits per heavy atom. The van der Waals surface area contributed by atoms with Crippen molar-refractivity contribution in [3.8, 4) is 5.75 Å². The monoisotopic (exact) mass is 401 g/mol. The molecule has 1 saturated carbocycles. The molecule has 6 nitrogen and oxygen atoms in total. The van der Waals surface area contributed by atoms with Crippen molar-refractivity contribution in [1.29, 1.82) is 0 Å². The number of carbonyl (C=O) groups excluding carboxylic acids is 2. The first-order valence-electron chi connectivity index (χ1n) is 9.32. The van der Waals surface area contributed by atoms with Crippen LogP contribution >= 0.6 is 11.6 Å².